The van der Waals surface area contributed by atoms with E-state index in [9.17, 15) is 0 Å². The van der Waals surface area contributed by atoms with Crippen LogP contribution >= 0.6 is 43.2 Å². The molecule has 21 heavy (non-hydrogen) atoms. The van der Waals surface area contributed by atoms with Crippen molar-refractivity contribution in [2.45, 2.75) is 38.6 Å². The average Bonchev–Trinajstić information content (AvgIpc) is 2.82. The highest BCUT2D eigenvalue weighted by molar-refractivity contribution is 9.12. The molecule has 1 nitrogen and oxygen atoms in total. The monoisotopic (exact) mass is 429 g/mol. The fraction of sp³-hybridized carbons (Fsp3) is 0.412. The topological polar surface area (TPSA) is 12.0 Å². The molecule has 0 saturated carbocycles. The number of nitrogens with one attached hydrogen (secondary N) is 1. The lowest BCUT2D eigenvalue weighted by Crippen LogP contribution is -2.22. The Morgan fingerprint density at radius 3 is 2.57 bits per heavy atom. The first-order valence-corrected chi connectivity index (χ1v) is 9.83. The summed E-state index contributed by atoms with van der Waals surface area (Å²) in [6.45, 7) is 3.28. The minimum Gasteiger partial charge on any atom is -0.310 e. The van der Waals surface area contributed by atoms with Crippen molar-refractivity contribution in [1.82, 2.24) is 5.32 Å². The first-order chi connectivity index (χ1) is 10.2. The molecule has 0 saturated heterocycles. The van der Waals surface area contributed by atoms with Gasteiger partial charge >= 0.3 is 0 Å². The second kappa shape index (κ2) is 9.09. The van der Waals surface area contributed by atoms with Gasteiger partial charge < -0.3 is 5.32 Å². The first kappa shape index (κ1) is 17.2. The van der Waals surface area contributed by atoms with Crippen LogP contribution in [0.15, 0.2) is 44.0 Å². The van der Waals surface area contributed by atoms with Crippen LogP contribution in [0.4, 0.5) is 0 Å². The molecule has 0 fully saturated rings. The van der Waals surface area contributed by atoms with Crippen molar-refractivity contribution < 1.29 is 0 Å². The molecule has 0 bridgehead atoms. The van der Waals surface area contributed by atoms with Crippen LogP contribution in [-0.4, -0.2) is 6.54 Å². The van der Waals surface area contributed by atoms with Crippen LogP contribution in [0.1, 0.15) is 43.4 Å². The Bertz CT molecular complexity index is 539. The highest BCUT2D eigenvalue weighted by atomic mass is 79.9. The minimum absolute atomic E-state index is 0.436. The molecule has 4 heteroatoms. The molecule has 1 unspecified atom stereocenters. The molecule has 114 valence electrons. The maximum Gasteiger partial charge on any atom is 0.0758 e. The number of aryl methyl sites for hydroxylation is 1. The van der Waals surface area contributed by atoms with E-state index in [0.717, 1.165) is 25.8 Å². The molecule has 2 aromatic rings. The summed E-state index contributed by atoms with van der Waals surface area (Å²) in [7, 11) is 0. The van der Waals surface area contributed by atoms with E-state index in [4.69, 9.17) is 0 Å². The Labute approximate surface area is 148 Å². The summed E-state index contributed by atoms with van der Waals surface area (Å²) >= 11 is 9.03. The van der Waals surface area contributed by atoms with Gasteiger partial charge in [0, 0.05) is 6.04 Å². The van der Waals surface area contributed by atoms with Crippen LogP contribution in [0.5, 0.6) is 0 Å². The largest absolute Gasteiger partial charge is 0.310 e. The van der Waals surface area contributed by atoms with Gasteiger partial charge in [0.15, 0.2) is 0 Å². The zero-order valence-electron chi connectivity index (χ0n) is 12.2. The number of hydrogen-bond acceptors (Lipinski definition) is 2. The number of thiophene rings is 1. The Kier molecular flexibility index (Phi) is 7.44. The van der Waals surface area contributed by atoms with Crippen molar-refractivity contribution >= 4 is 43.2 Å². The van der Waals surface area contributed by atoms with E-state index in [-0.39, 0.29) is 0 Å². The summed E-state index contributed by atoms with van der Waals surface area (Å²) in [4.78, 5) is 0. The van der Waals surface area contributed by atoms with Crippen molar-refractivity contribution in [2.75, 3.05) is 6.54 Å². The van der Waals surface area contributed by atoms with Crippen molar-refractivity contribution in [1.29, 1.82) is 0 Å². The Hall–Kier alpha value is -0.160. The van der Waals surface area contributed by atoms with Gasteiger partial charge in [0.05, 0.1) is 7.57 Å². The molecule has 1 N–H and O–H groups in total. The highest BCUT2D eigenvalue weighted by Crippen LogP contribution is 2.37. The molecular weight excluding hydrogens is 410 g/mol. The molecule has 1 heterocycles. The van der Waals surface area contributed by atoms with E-state index in [2.05, 4.69) is 80.5 Å². The minimum atomic E-state index is 0.436. The van der Waals surface area contributed by atoms with Crippen LogP contribution in [0.3, 0.4) is 0 Å². The summed E-state index contributed by atoms with van der Waals surface area (Å²) in [5.74, 6) is 0. The van der Waals surface area contributed by atoms with Gasteiger partial charge in [-0.25, -0.2) is 0 Å². The number of benzene rings is 1. The zero-order valence-corrected chi connectivity index (χ0v) is 16.2. The van der Waals surface area contributed by atoms with Gasteiger partial charge in [0.2, 0.25) is 0 Å². The van der Waals surface area contributed by atoms with Crippen LogP contribution in [0, 0.1) is 0 Å². The van der Waals surface area contributed by atoms with Gasteiger partial charge in [-0.05, 0) is 81.3 Å². The fourth-order valence-electron chi connectivity index (χ4n) is 2.43. The third-order valence-corrected chi connectivity index (χ3v) is 5.89. The normalized spacial score (nSPS) is 12.5. The number of halogens is 2. The SMILES string of the molecule is CCCNC(CCCc1ccccc1)c1cc(Br)sc1Br. The average molecular weight is 431 g/mol. The number of hydrogen-bond donors (Lipinski definition) is 1. The molecular formula is C17H21Br2NS. The molecule has 0 amide bonds. The Balaban J connectivity index is 1.95. The van der Waals surface area contributed by atoms with Gasteiger partial charge in [-0.15, -0.1) is 11.3 Å². The summed E-state index contributed by atoms with van der Waals surface area (Å²) in [6.07, 6.45) is 4.67. The lowest BCUT2D eigenvalue weighted by atomic mass is 10.0. The van der Waals surface area contributed by atoms with Gasteiger partial charge in [0.1, 0.15) is 0 Å². The van der Waals surface area contributed by atoms with Gasteiger partial charge in [-0.2, -0.15) is 0 Å². The van der Waals surface area contributed by atoms with E-state index >= 15 is 0 Å². The second-order valence-corrected chi connectivity index (χ2v) is 8.91. The van der Waals surface area contributed by atoms with Crippen molar-refractivity contribution in [3.05, 3.63) is 55.1 Å². The molecule has 1 aromatic carbocycles. The number of rotatable bonds is 8. The fourth-order valence-corrected chi connectivity index (χ4v) is 5.41. The van der Waals surface area contributed by atoms with E-state index in [1.165, 1.54) is 25.1 Å². The third-order valence-electron chi connectivity index (χ3n) is 3.50. The molecule has 0 radical (unpaired) electrons. The van der Waals surface area contributed by atoms with Crippen LogP contribution in [-0.2, 0) is 6.42 Å². The van der Waals surface area contributed by atoms with E-state index in [1.807, 2.05) is 0 Å². The molecule has 0 aliphatic carbocycles. The maximum absolute atomic E-state index is 3.70. The van der Waals surface area contributed by atoms with E-state index in [0.29, 0.717) is 6.04 Å². The second-order valence-electron chi connectivity index (χ2n) is 5.16. The van der Waals surface area contributed by atoms with Crippen molar-refractivity contribution in [3.8, 4) is 0 Å². The predicted octanol–water partition coefficient (Wildman–Crippen LogP) is 6.34. The highest BCUT2D eigenvalue weighted by Gasteiger charge is 2.16. The Morgan fingerprint density at radius 2 is 1.95 bits per heavy atom. The van der Waals surface area contributed by atoms with E-state index in [1.54, 1.807) is 11.3 Å². The smallest absolute Gasteiger partial charge is 0.0758 e. The Morgan fingerprint density at radius 1 is 1.19 bits per heavy atom. The molecule has 0 spiro atoms. The standard InChI is InChI=1S/C17H21Br2NS/c1-2-11-20-15(14-12-16(18)21-17(14)19)10-6-9-13-7-4-3-5-8-13/h3-5,7-8,12,15,20H,2,6,9-11H2,1H3. The molecule has 1 aromatic heterocycles. The van der Waals surface area contributed by atoms with Crippen LogP contribution in [0.2, 0.25) is 0 Å². The summed E-state index contributed by atoms with van der Waals surface area (Å²) in [5.41, 5.74) is 2.81. The maximum atomic E-state index is 3.70. The summed E-state index contributed by atoms with van der Waals surface area (Å²) in [5, 5.41) is 3.68. The lowest BCUT2D eigenvalue weighted by Gasteiger charge is -2.18. The van der Waals surface area contributed by atoms with Crippen molar-refractivity contribution in [3.63, 3.8) is 0 Å². The molecule has 1 atom stereocenters. The molecule has 0 aliphatic rings. The summed E-state index contributed by atoms with van der Waals surface area (Å²) < 4.78 is 2.43. The van der Waals surface area contributed by atoms with Crippen LogP contribution < -0.4 is 5.32 Å². The quantitative estimate of drug-likeness (QED) is 0.515. The third kappa shape index (κ3) is 5.51. The molecule has 2 rings (SSSR count). The van der Waals surface area contributed by atoms with Gasteiger partial charge in [0.25, 0.3) is 0 Å². The summed E-state index contributed by atoms with van der Waals surface area (Å²) in [6, 6.07) is 13.4. The molecule has 0 aliphatic heterocycles. The van der Waals surface area contributed by atoms with Gasteiger partial charge in [-0.3, -0.25) is 0 Å². The lowest BCUT2D eigenvalue weighted by molar-refractivity contribution is 0.484. The van der Waals surface area contributed by atoms with Crippen molar-refractivity contribution in [2.24, 2.45) is 0 Å². The predicted molar refractivity (Wildman–Crippen MR) is 100 cm³/mol. The zero-order chi connectivity index (χ0) is 15.1. The van der Waals surface area contributed by atoms with Gasteiger partial charge in [-0.1, -0.05) is 37.3 Å². The van der Waals surface area contributed by atoms with E-state index < -0.39 is 0 Å². The first-order valence-electron chi connectivity index (χ1n) is 7.42. The van der Waals surface area contributed by atoms with Crippen LogP contribution in [0.25, 0.3) is 0 Å².